The topological polar surface area (TPSA) is 62.4 Å². The predicted molar refractivity (Wildman–Crippen MR) is 85.2 cm³/mol. The average molecular weight is 321 g/mol. The van der Waals surface area contributed by atoms with Crippen LogP contribution in [0.1, 0.15) is 22.0 Å². The van der Waals surface area contributed by atoms with Crippen LogP contribution in [0.4, 0.5) is 0 Å². The lowest BCUT2D eigenvalue weighted by molar-refractivity contribution is 0.0602. The molecule has 1 aromatic carbocycles. The highest BCUT2D eigenvalue weighted by Gasteiger charge is 2.22. The highest BCUT2D eigenvalue weighted by molar-refractivity contribution is 6.30. The van der Waals surface area contributed by atoms with Gasteiger partial charge in [0.1, 0.15) is 0 Å². The van der Waals surface area contributed by atoms with E-state index in [1.165, 1.54) is 18.3 Å². The number of methoxy groups -OCH3 is 1. The number of H-pyrrole nitrogens is 1. The first-order valence-corrected chi connectivity index (χ1v) is 7.11. The van der Waals surface area contributed by atoms with Crippen molar-refractivity contribution in [3.05, 3.63) is 69.1 Å². The fourth-order valence-electron chi connectivity index (χ4n) is 2.16. The Morgan fingerprint density at radius 1 is 1.27 bits per heavy atom. The van der Waals surface area contributed by atoms with Crippen molar-refractivity contribution in [2.75, 3.05) is 20.8 Å². The van der Waals surface area contributed by atoms with Gasteiger partial charge in [0.2, 0.25) is 5.56 Å². The maximum atomic E-state index is 12.5. The number of hydrogen-bond acceptors (Lipinski definition) is 3. The van der Waals surface area contributed by atoms with Crippen molar-refractivity contribution in [1.82, 2.24) is 9.88 Å². The molecule has 1 aromatic heterocycles. The second kappa shape index (κ2) is 7.24. The van der Waals surface area contributed by atoms with E-state index in [9.17, 15) is 9.59 Å². The standard InChI is InChI=1S/C16H17ClN2O3/c1-19(16(21)12-5-8-15(20)18-9-12)14(10-22-2)11-3-6-13(17)7-4-11/h3-9,14H,10H2,1-2H3,(H,18,20). The minimum Gasteiger partial charge on any atom is -0.382 e. The molecule has 0 saturated heterocycles. The normalized spacial score (nSPS) is 12.0. The van der Waals surface area contributed by atoms with E-state index in [1.54, 1.807) is 31.2 Å². The van der Waals surface area contributed by atoms with Crippen molar-refractivity contribution in [3.8, 4) is 0 Å². The molecule has 1 N–H and O–H groups in total. The zero-order valence-electron chi connectivity index (χ0n) is 12.4. The van der Waals surface area contributed by atoms with Gasteiger partial charge in [0.05, 0.1) is 18.2 Å². The summed E-state index contributed by atoms with van der Waals surface area (Å²) in [4.78, 5) is 27.7. The van der Waals surface area contributed by atoms with Crippen LogP contribution in [0.5, 0.6) is 0 Å². The van der Waals surface area contributed by atoms with Crippen LogP contribution in [0.2, 0.25) is 5.02 Å². The Balaban J connectivity index is 2.27. The Hall–Kier alpha value is -2.11. The molecule has 22 heavy (non-hydrogen) atoms. The van der Waals surface area contributed by atoms with E-state index in [0.717, 1.165) is 5.56 Å². The predicted octanol–water partition coefficient (Wildman–Crippen LogP) is 2.49. The van der Waals surface area contributed by atoms with Gasteiger partial charge in [0, 0.05) is 31.4 Å². The second-order valence-corrected chi connectivity index (χ2v) is 5.32. The summed E-state index contributed by atoms with van der Waals surface area (Å²) in [6.07, 6.45) is 1.41. The quantitative estimate of drug-likeness (QED) is 0.920. The fraction of sp³-hybridized carbons (Fsp3) is 0.250. The van der Waals surface area contributed by atoms with Gasteiger partial charge in [-0.1, -0.05) is 23.7 Å². The molecule has 1 unspecified atom stereocenters. The molecule has 0 aliphatic heterocycles. The second-order valence-electron chi connectivity index (χ2n) is 4.88. The minimum absolute atomic E-state index is 0.201. The molecule has 0 aliphatic rings. The van der Waals surface area contributed by atoms with Gasteiger partial charge in [-0.3, -0.25) is 9.59 Å². The number of halogens is 1. The number of carbonyl (C=O) groups is 1. The molecular weight excluding hydrogens is 304 g/mol. The SMILES string of the molecule is COCC(c1ccc(Cl)cc1)N(C)C(=O)c1ccc(=O)[nH]c1. The molecule has 0 saturated carbocycles. The molecule has 6 heteroatoms. The van der Waals surface area contributed by atoms with E-state index < -0.39 is 0 Å². The summed E-state index contributed by atoms with van der Waals surface area (Å²) in [6, 6.07) is 9.86. The van der Waals surface area contributed by atoms with Crippen LogP contribution in [-0.2, 0) is 4.74 Å². The van der Waals surface area contributed by atoms with E-state index in [4.69, 9.17) is 16.3 Å². The maximum Gasteiger partial charge on any atom is 0.255 e. The van der Waals surface area contributed by atoms with Gasteiger partial charge in [-0.05, 0) is 23.8 Å². The summed E-state index contributed by atoms with van der Waals surface area (Å²) in [5.41, 5.74) is 1.09. The van der Waals surface area contributed by atoms with Crippen molar-refractivity contribution in [1.29, 1.82) is 0 Å². The first-order chi connectivity index (χ1) is 10.5. The third-order valence-corrected chi connectivity index (χ3v) is 3.65. The highest BCUT2D eigenvalue weighted by Crippen LogP contribution is 2.23. The fourth-order valence-corrected chi connectivity index (χ4v) is 2.29. The number of likely N-dealkylation sites (N-methyl/N-ethyl adjacent to an activating group) is 1. The molecule has 2 aromatic rings. The Labute approximate surface area is 133 Å². The lowest BCUT2D eigenvalue weighted by Gasteiger charge is -2.28. The van der Waals surface area contributed by atoms with Crippen molar-refractivity contribution < 1.29 is 9.53 Å². The maximum absolute atomic E-state index is 12.5. The van der Waals surface area contributed by atoms with Gasteiger partial charge in [-0.15, -0.1) is 0 Å². The van der Waals surface area contributed by atoms with Crippen molar-refractivity contribution in [2.45, 2.75) is 6.04 Å². The van der Waals surface area contributed by atoms with Crippen LogP contribution in [0.25, 0.3) is 0 Å². The molecule has 0 fully saturated rings. The number of nitrogens with one attached hydrogen (secondary N) is 1. The van der Waals surface area contributed by atoms with E-state index in [0.29, 0.717) is 17.2 Å². The minimum atomic E-state index is -0.248. The first-order valence-electron chi connectivity index (χ1n) is 6.73. The van der Waals surface area contributed by atoms with Gasteiger partial charge in [-0.25, -0.2) is 0 Å². The largest absolute Gasteiger partial charge is 0.382 e. The summed E-state index contributed by atoms with van der Waals surface area (Å²) in [5, 5.41) is 0.634. The summed E-state index contributed by atoms with van der Waals surface area (Å²) >= 11 is 5.90. The van der Waals surface area contributed by atoms with Gasteiger partial charge in [-0.2, -0.15) is 0 Å². The lowest BCUT2D eigenvalue weighted by Crippen LogP contribution is -2.34. The molecule has 116 valence electrons. The van der Waals surface area contributed by atoms with E-state index in [-0.39, 0.29) is 17.5 Å². The van der Waals surface area contributed by atoms with E-state index in [1.807, 2.05) is 12.1 Å². The number of aromatic amines is 1. The highest BCUT2D eigenvalue weighted by atomic mass is 35.5. The Kier molecular flexibility index (Phi) is 5.35. The Morgan fingerprint density at radius 2 is 1.95 bits per heavy atom. The van der Waals surface area contributed by atoms with Gasteiger partial charge < -0.3 is 14.6 Å². The summed E-state index contributed by atoms with van der Waals surface area (Å²) in [6.45, 7) is 0.354. The molecule has 0 radical (unpaired) electrons. The molecule has 1 amide bonds. The van der Waals surface area contributed by atoms with Crippen LogP contribution in [0, 0.1) is 0 Å². The summed E-state index contributed by atoms with van der Waals surface area (Å²) < 4.78 is 5.23. The molecular formula is C16H17ClN2O3. The van der Waals surface area contributed by atoms with Crippen molar-refractivity contribution in [3.63, 3.8) is 0 Å². The third-order valence-electron chi connectivity index (χ3n) is 3.40. The van der Waals surface area contributed by atoms with Gasteiger partial charge in [0.25, 0.3) is 5.91 Å². The molecule has 0 bridgehead atoms. The molecule has 1 heterocycles. The number of rotatable bonds is 5. The number of carbonyl (C=O) groups excluding carboxylic acids is 1. The smallest absolute Gasteiger partial charge is 0.255 e. The molecule has 2 rings (SSSR count). The Morgan fingerprint density at radius 3 is 2.50 bits per heavy atom. The van der Waals surface area contributed by atoms with Crippen LogP contribution in [0.3, 0.4) is 0 Å². The van der Waals surface area contributed by atoms with Crippen molar-refractivity contribution in [2.24, 2.45) is 0 Å². The lowest BCUT2D eigenvalue weighted by atomic mass is 10.1. The summed E-state index contributed by atoms with van der Waals surface area (Å²) in [7, 11) is 3.28. The number of nitrogens with zero attached hydrogens (tertiary/aromatic N) is 1. The number of benzene rings is 1. The van der Waals surface area contributed by atoms with Crippen molar-refractivity contribution >= 4 is 17.5 Å². The third kappa shape index (κ3) is 3.75. The molecule has 0 aliphatic carbocycles. The van der Waals surface area contributed by atoms with Gasteiger partial charge in [0.15, 0.2) is 0 Å². The summed E-state index contributed by atoms with van der Waals surface area (Å²) in [5.74, 6) is -0.201. The van der Waals surface area contributed by atoms with Crippen LogP contribution in [-0.4, -0.2) is 36.6 Å². The number of aromatic nitrogens is 1. The number of ether oxygens (including phenoxy) is 1. The first kappa shape index (κ1) is 16.3. The zero-order valence-corrected chi connectivity index (χ0v) is 13.1. The molecule has 5 nitrogen and oxygen atoms in total. The van der Waals surface area contributed by atoms with Gasteiger partial charge >= 0.3 is 0 Å². The zero-order chi connectivity index (χ0) is 16.1. The monoisotopic (exact) mass is 320 g/mol. The Bertz CT molecular complexity index is 677. The van der Waals surface area contributed by atoms with Crippen LogP contribution < -0.4 is 5.56 Å². The molecule has 1 atom stereocenters. The number of amides is 1. The average Bonchev–Trinajstić information content (AvgIpc) is 2.53. The van der Waals surface area contributed by atoms with Crippen LogP contribution >= 0.6 is 11.6 Å². The van der Waals surface area contributed by atoms with Crippen LogP contribution in [0.15, 0.2) is 47.4 Å². The van der Waals surface area contributed by atoms with E-state index in [2.05, 4.69) is 4.98 Å². The number of hydrogen-bond donors (Lipinski definition) is 1. The number of pyridine rings is 1. The molecule has 0 spiro atoms. The van der Waals surface area contributed by atoms with E-state index >= 15 is 0 Å².